The van der Waals surface area contributed by atoms with Crippen molar-refractivity contribution >= 4 is 34.4 Å². The Bertz CT molecular complexity index is 1030. The fourth-order valence-corrected chi connectivity index (χ4v) is 2.56. The topological polar surface area (TPSA) is 103 Å². The molecule has 1 heterocycles. The third-order valence-electron chi connectivity index (χ3n) is 3.94. The quantitative estimate of drug-likeness (QED) is 0.531. The highest BCUT2D eigenvalue weighted by molar-refractivity contribution is 5.99. The molecule has 0 bridgehead atoms. The summed E-state index contributed by atoms with van der Waals surface area (Å²) in [5, 5.41) is 10.6. The fraction of sp³-hybridized carbons (Fsp3) is 0.211. The average molecular weight is 366 g/mol. The zero-order valence-electron chi connectivity index (χ0n) is 14.9. The van der Waals surface area contributed by atoms with E-state index in [4.69, 9.17) is 4.74 Å². The van der Waals surface area contributed by atoms with Gasteiger partial charge in [-0.2, -0.15) is 0 Å². The zero-order valence-corrected chi connectivity index (χ0v) is 14.9. The molecule has 1 N–H and O–H groups in total. The van der Waals surface area contributed by atoms with Crippen LogP contribution in [0, 0.1) is 0 Å². The van der Waals surface area contributed by atoms with Gasteiger partial charge in [-0.25, -0.2) is 9.48 Å². The number of benzene rings is 2. The largest absolute Gasteiger partial charge is 0.452 e. The van der Waals surface area contributed by atoms with Crippen molar-refractivity contribution in [2.75, 3.05) is 11.9 Å². The van der Waals surface area contributed by atoms with Gasteiger partial charge >= 0.3 is 5.97 Å². The highest BCUT2D eigenvalue weighted by atomic mass is 16.5. The summed E-state index contributed by atoms with van der Waals surface area (Å²) in [7, 11) is 0. The van der Waals surface area contributed by atoms with E-state index in [1.54, 1.807) is 47.1 Å². The molecular weight excluding hydrogens is 348 g/mol. The minimum absolute atomic E-state index is 0.104. The number of anilines is 1. The molecule has 138 valence electrons. The van der Waals surface area contributed by atoms with E-state index in [2.05, 4.69) is 15.6 Å². The van der Waals surface area contributed by atoms with Crippen LogP contribution in [-0.2, 0) is 16.1 Å². The van der Waals surface area contributed by atoms with Crippen LogP contribution in [0.4, 0.5) is 5.69 Å². The number of fused-ring (bicyclic) bond motifs is 1. The Balaban J connectivity index is 1.61. The van der Waals surface area contributed by atoms with Gasteiger partial charge in [-0.1, -0.05) is 17.3 Å². The van der Waals surface area contributed by atoms with E-state index in [0.717, 1.165) is 5.52 Å². The van der Waals surface area contributed by atoms with Crippen molar-refractivity contribution in [1.29, 1.82) is 0 Å². The molecule has 0 aliphatic heterocycles. The second-order valence-electron chi connectivity index (χ2n) is 5.87. The lowest BCUT2D eigenvalue weighted by molar-refractivity contribution is -0.119. The van der Waals surface area contributed by atoms with Crippen LogP contribution in [0.15, 0.2) is 42.5 Å². The van der Waals surface area contributed by atoms with Crippen molar-refractivity contribution in [3.05, 3.63) is 53.6 Å². The third kappa shape index (κ3) is 4.17. The normalized spacial score (nSPS) is 10.6. The van der Waals surface area contributed by atoms with E-state index < -0.39 is 18.5 Å². The van der Waals surface area contributed by atoms with E-state index in [-0.39, 0.29) is 11.3 Å². The fourth-order valence-electron chi connectivity index (χ4n) is 2.56. The molecule has 8 heteroatoms. The third-order valence-corrected chi connectivity index (χ3v) is 3.94. The number of aromatic nitrogens is 3. The minimum atomic E-state index is -0.629. The number of hydrogen-bond acceptors (Lipinski definition) is 6. The number of amides is 1. The molecule has 1 aromatic heterocycles. The van der Waals surface area contributed by atoms with Gasteiger partial charge in [0.15, 0.2) is 12.4 Å². The molecule has 0 spiro atoms. The van der Waals surface area contributed by atoms with Gasteiger partial charge in [-0.05, 0) is 44.2 Å². The average Bonchev–Trinajstić information content (AvgIpc) is 3.08. The highest BCUT2D eigenvalue weighted by Crippen LogP contribution is 2.15. The van der Waals surface area contributed by atoms with Gasteiger partial charge in [0.25, 0.3) is 5.91 Å². The predicted octanol–water partition coefficient (Wildman–Crippen LogP) is 2.45. The van der Waals surface area contributed by atoms with Crippen molar-refractivity contribution in [2.45, 2.75) is 20.4 Å². The SMILES string of the molecule is CCn1nnc2cc(C(=O)OCC(=O)Nc3cccc(C(C)=O)c3)ccc21. The molecule has 0 saturated heterocycles. The Labute approximate surface area is 155 Å². The lowest BCUT2D eigenvalue weighted by atomic mass is 10.1. The Kier molecular flexibility index (Phi) is 5.25. The number of Topliss-reactive ketones (excluding diaryl/α,β-unsaturated/α-hetero) is 1. The maximum absolute atomic E-state index is 12.2. The lowest BCUT2D eigenvalue weighted by Crippen LogP contribution is -2.21. The first-order valence-electron chi connectivity index (χ1n) is 8.39. The number of aryl methyl sites for hydroxylation is 1. The lowest BCUT2D eigenvalue weighted by Gasteiger charge is -2.07. The Morgan fingerprint density at radius 2 is 1.93 bits per heavy atom. The van der Waals surface area contributed by atoms with Gasteiger partial charge in [-0.15, -0.1) is 5.10 Å². The molecule has 0 aliphatic carbocycles. The number of nitrogens with one attached hydrogen (secondary N) is 1. The number of carbonyl (C=O) groups excluding carboxylic acids is 3. The van der Waals surface area contributed by atoms with Crippen molar-refractivity contribution in [3.63, 3.8) is 0 Å². The number of ether oxygens (including phenoxy) is 1. The van der Waals surface area contributed by atoms with Gasteiger partial charge in [0, 0.05) is 17.8 Å². The molecule has 1 amide bonds. The molecule has 3 rings (SSSR count). The van der Waals surface area contributed by atoms with Crippen LogP contribution in [0.25, 0.3) is 11.0 Å². The number of hydrogen-bond donors (Lipinski definition) is 1. The van der Waals surface area contributed by atoms with Crippen molar-refractivity contribution in [1.82, 2.24) is 15.0 Å². The summed E-state index contributed by atoms with van der Waals surface area (Å²) in [6.45, 7) is 3.62. The van der Waals surface area contributed by atoms with Crippen LogP contribution in [0.5, 0.6) is 0 Å². The van der Waals surface area contributed by atoms with Crippen LogP contribution in [0.1, 0.15) is 34.6 Å². The Morgan fingerprint density at radius 1 is 1.11 bits per heavy atom. The molecule has 2 aromatic carbocycles. The number of nitrogens with zero attached hydrogens (tertiary/aromatic N) is 3. The van der Waals surface area contributed by atoms with E-state index in [0.29, 0.717) is 23.3 Å². The maximum Gasteiger partial charge on any atom is 0.338 e. The molecule has 0 saturated carbocycles. The molecule has 27 heavy (non-hydrogen) atoms. The Morgan fingerprint density at radius 3 is 2.67 bits per heavy atom. The summed E-state index contributed by atoms with van der Waals surface area (Å²) in [4.78, 5) is 35.5. The van der Waals surface area contributed by atoms with E-state index in [1.165, 1.54) is 6.92 Å². The van der Waals surface area contributed by atoms with Crippen LogP contribution >= 0.6 is 0 Å². The first-order valence-corrected chi connectivity index (χ1v) is 8.39. The first-order chi connectivity index (χ1) is 13.0. The molecule has 0 aliphatic rings. The second-order valence-corrected chi connectivity index (χ2v) is 5.87. The maximum atomic E-state index is 12.2. The molecule has 0 atom stereocenters. The number of esters is 1. The molecular formula is C19H18N4O4. The number of ketones is 1. The van der Waals surface area contributed by atoms with Gasteiger partial charge in [0.05, 0.1) is 11.1 Å². The van der Waals surface area contributed by atoms with Crippen LogP contribution in [0.3, 0.4) is 0 Å². The second kappa shape index (κ2) is 7.77. The smallest absolute Gasteiger partial charge is 0.338 e. The number of carbonyl (C=O) groups is 3. The molecule has 3 aromatic rings. The summed E-state index contributed by atoms with van der Waals surface area (Å²) in [5.41, 5.74) is 2.63. The van der Waals surface area contributed by atoms with Gasteiger partial charge in [0.2, 0.25) is 0 Å². The van der Waals surface area contributed by atoms with Crippen molar-refractivity contribution in [3.8, 4) is 0 Å². The summed E-state index contributed by atoms with van der Waals surface area (Å²) < 4.78 is 6.76. The van der Waals surface area contributed by atoms with Gasteiger partial charge in [0.1, 0.15) is 5.52 Å². The highest BCUT2D eigenvalue weighted by Gasteiger charge is 2.13. The molecule has 8 nitrogen and oxygen atoms in total. The van der Waals surface area contributed by atoms with Crippen molar-refractivity contribution in [2.24, 2.45) is 0 Å². The molecule has 0 fully saturated rings. The van der Waals surface area contributed by atoms with E-state index in [9.17, 15) is 14.4 Å². The standard InChI is InChI=1S/C19H18N4O4/c1-3-23-17-8-7-14(10-16(17)21-22-23)19(26)27-11-18(25)20-15-6-4-5-13(9-15)12(2)24/h4-10H,3,11H2,1-2H3,(H,20,25). The van der Waals surface area contributed by atoms with E-state index in [1.807, 2.05) is 6.92 Å². The zero-order chi connectivity index (χ0) is 19.4. The number of rotatable bonds is 6. The first kappa shape index (κ1) is 18.2. The predicted molar refractivity (Wildman–Crippen MR) is 98.6 cm³/mol. The van der Waals surface area contributed by atoms with E-state index >= 15 is 0 Å². The summed E-state index contributed by atoms with van der Waals surface area (Å²) in [6.07, 6.45) is 0. The monoisotopic (exact) mass is 366 g/mol. The van der Waals surface area contributed by atoms with Crippen molar-refractivity contribution < 1.29 is 19.1 Å². The molecule has 0 unspecified atom stereocenters. The summed E-state index contributed by atoms with van der Waals surface area (Å²) in [6, 6.07) is 11.5. The summed E-state index contributed by atoms with van der Waals surface area (Å²) >= 11 is 0. The van der Waals surface area contributed by atoms with Crippen LogP contribution in [0.2, 0.25) is 0 Å². The molecule has 0 radical (unpaired) electrons. The van der Waals surface area contributed by atoms with Crippen LogP contribution < -0.4 is 5.32 Å². The summed E-state index contributed by atoms with van der Waals surface area (Å²) in [5.74, 6) is -1.23. The van der Waals surface area contributed by atoms with Gasteiger partial charge in [-0.3, -0.25) is 9.59 Å². The van der Waals surface area contributed by atoms with Gasteiger partial charge < -0.3 is 10.1 Å². The Hall–Kier alpha value is -3.55. The minimum Gasteiger partial charge on any atom is -0.452 e. The van der Waals surface area contributed by atoms with Crippen LogP contribution in [-0.4, -0.2) is 39.3 Å².